The third-order valence-corrected chi connectivity index (χ3v) is 5.35. The first-order valence-electron chi connectivity index (χ1n) is 8.77. The van der Waals surface area contributed by atoms with Gasteiger partial charge in [-0.2, -0.15) is 0 Å². The lowest BCUT2D eigenvalue weighted by Gasteiger charge is -2.45. The smallest absolute Gasteiger partial charge is 0.245 e. The van der Waals surface area contributed by atoms with E-state index in [0.717, 1.165) is 39.0 Å². The van der Waals surface area contributed by atoms with E-state index < -0.39 is 0 Å². The Balaban J connectivity index is 1.88. The van der Waals surface area contributed by atoms with E-state index in [1.54, 1.807) is 0 Å². The van der Waals surface area contributed by atoms with E-state index in [-0.39, 0.29) is 23.8 Å². The summed E-state index contributed by atoms with van der Waals surface area (Å²) >= 11 is 0. The molecule has 5 heteroatoms. The molecular weight excluding hydrogens is 278 g/mol. The molecule has 2 aliphatic rings. The van der Waals surface area contributed by atoms with E-state index in [9.17, 15) is 9.59 Å². The molecule has 1 atom stereocenters. The third-order valence-electron chi connectivity index (χ3n) is 5.35. The van der Waals surface area contributed by atoms with Gasteiger partial charge in [0, 0.05) is 19.0 Å². The highest BCUT2D eigenvalue weighted by Gasteiger charge is 2.37. The fourth-order valence-corrected chi connectivity index (χ4v) is 3.56. The normalized spacial score (nSPS) is 22.6. The zero-order chi connectivity index (χ0) is 16.2. The van der Waals surface area contributed by atoms with Gasteiger partial charge >= 0.3 is 0 Å². The Hall–Kier alpha value is -1.10. The second-order valence-corrected chi connectivity index (χ2v) is 7.20. The van der Waals surface area contributed by atoms with Gasteiger partial charge in [0.15, 0.2) is 0 Å². The molecule has 1 unspecified atom stereocenters. The van der Waals surface area contributed by atoms with Crippen LogP contribution in [-0.4, -0.2) is 48.9 Å². The molecule has 0 aromatic rings. The van der Waals surface area contributed by atoms with Crippen molar-refractivity contribution in [3.63, 3.8) is 0 Å². The summed E-state index contributed by atoms with van der Waals surface area (Å²) in [5, 5.41) is 6.32. The highest BCUT2D eigenvalue weighted by Crippen LogP contribution is 2.39. The van der Waals surface area contributed by atoms with E-state index in [2.05, 4.69) is 10.6 Å². The predicted molar refractivity (Wildman–Crippen MR) is 87.4 cm³/mol. The molecule has 2 fully saturated rings. The monoisotopic (exact) mass is 309 g/mol. The Kier molecular flexibility index (Phi) is 5.84. The largest absolute Gasteiger partial charge is 0.344 e. The maximum absolute atomic E-state index is 12.7. The molecule has 5 nitrogen and oxygen atoms in total. The van der Waals surface area contributed by atoms with Gasteiger partial charge in [0.1, 0.15) is 6.04 Å². The van der Waals surface area contributed by atoms with Crippen LogP contribution in [0.25, 0.3) is 0 Å². The van der Waals surface area contributed by atoms with Gasteiger partial charge in [-0.3, -0.25) is 9.59 Å². The minimum atomic E-state index is -0.364. The Morgan fingerprint density at radius 2 is 1.73 bits per heavy atom. The maximum atomic E-state index is 12.7. The van der Waals surface area contributed by atoms with Gasteiger partial charge in [0.25, 0.3) is 0 Å². The zero-order valence-corrected chi connectivity index (χ0v) is 14.3. The molecule has 2 heterocycles. The van der Waals surface area contributed by atoms with Crippen molar-refractivity contribution in [2.24, 2.45) is 11.3 Å². The number of carbonyl (C=O) groups excluding carboxylic acids is 2. The van der Waals surface area contributed by atoms with Gasteiger partial charge in [-0.1, -0.05) is 20.8 Å². The Morgan fingerprint density at radius 1 is 1.14 bits per heavy atom. The molecule has 0 bridgehead atoms. The predicted octanol–water partition coefficient (Wildman–Crippen LogP) is 1.53. The van der Waals surface area contributed by atoms with Crippen molar-refractivity contribution >= 4 is 11.8 Å². The van der Waals surface area contributed by atoms with Crippen LogP contribution < -0.4 is 10.6 Å². The number of piperidine rings is 2. The molecule has 2 rings (SSSR count). The first-order chi connectivity index (χ1) is 10.5. The summed E-state index contributed by atoms with van der Waals surface area (Å²) in [4.78, 5) is 26.5. The Morgan fingerprint density at radius 3 is 2.23 bits per heavy atom. The van der Waals surface area contributed by atoms with Crippen LogP contribution in [0.3, 0.4) is 0 Å². The van der Waals surface area contributed by atoms with Crippen LogP contribution in [0.5, 0.6) is 0 Å². The van der Waals surface area contributed by atoms with Crippen LogP contribution in [0.1, 0.15) is 52.9 Å². The Labute approximate surface area is 134 Å². The van der Waals surface area contributed by atoms with Crippen molar-refractivity contribution in [1.82, 2.24) is 15.5 Å². The summed E-state index contributed by atoms with van der Waals surface area (Å²) in [5.41, 5.74) is 0.449. The number of hydrogen-bond donors (Lipinski definition) is 2. The first kappa shape index (κ1) is 17.3. The summed E-state index contributed by atoms with van der Waals surface area (Å²) < 4.78 is 0. The first-order valence-corrected chi connectivity index (χ1v) is 8.77. The second kappa shape index (κ2) is 7.44. The average molecular weight is 309 g/mol. The van der Waals surface area contributed by atoms with E-state index in [1.807, 2.05) is 25.7 Å². The van der Waals surface area contributed by atoms with Gasteiger partial charge in [0.2, 0.25) is 11.8 Å². The fraction of sp³-hybridized carbons (Fsp3) is 0.882. The number of carbonyl (C=O) groups is 2. The number of amides is 2. The van der Waals surface area contributed by atoms with Crippen LogP contribution >= 0.6 is 0 Å². The second-order valence-electron chi connectivity index (χ2n) is 7.20. The lowest BCUT2D eigenvalue weighted by Crippen LogP contribution is -2.53. The minimum Gasteiger partial charge on any atom is -0.344 e. The lowest BCUT2D eigenvalue weighted by molar-refractivity contribution is -0.139. The fourth-order valence-electron chi connectivity index (χ4n) is 3.56. The van der Waals surface area contributed by atoms with Gasteiger partial charge in [-0.25, -0.2) is 0 Å². The molecule has 1 spiro atoms. The lowest BCUT2D eigenvalue weighted by atomic mass is 9.71. The summed E-state index contributed by atoms with van der Waals surface area (Å²) in [7, 11) is 0. The molecule has 0 aromatic carbocycles. The van der Waals surface area contributed by atoms with Crippen molar-refractivity contribution in [3.05, 3.63) is 0 Å². The molecule has 0 saturated carbocycles. The van der Waals surface area contributed by atoms with Gasteiger partial charge < -0.3 is 15.5 Å². The summed E-state index contributed by atoms with van der Waals surface area (Å²) in [6.07, 6.45) is 5.33. The van der Waals surface area contributed by atoms with Crippen LogP contribution in [-0.2, 0) is 9.59 Å². The SMILES string of the molecule is CCC(NC(=O)C(C)C)C(=O)N1CCC2(CCNCC2)CC1. The van der Waals surface area contributed by atoms with E-state index in [4.69, 9.17) is 0 Å². The maximum Gasteiger partial charge on any atom is 0.245 e. The van der Waals surface area contributed by atoms with E-state index in [1.165, 1.54) is 12.8 Å². The van der Waals surface area contributed by atoms with Crippen molar-refractivity contribution in [1.29, 1.82) is 0 Å². The van der Waals surface area contributed by atoms with Crippen molar-refractivity contribution in [3.8, 4) is 0 Å². The summed E-state index contributed by atoms with van der Waals surface area (Å²) in [6.45, 7) is 9.57. The van der Waals surface area contributed by atoms with Crippen molar-refractivity contribution < 1.29 is 9.59 Å². The molecule has 0 radical (unpaired) electrons. The van der Waals surface area contributed by atoms with Crippen LogP contribution in [0.2, 0.25) is 0 Å². The molecule has 0 aliphatic carbocycles. The number of nitrogens with one attached hydrogen (secondary N) is 2. The van der Waals surface area contributed by atoms with E-state index in [0.29, 0.717) is 11.8 Å². The minimum absolute atomic E-state index is 0.0352. The van der Waals surface area contributed by atoms with Crippen molar-refractivity contribution in [2.45, 2.75) is 58.9 Å². The third kappa shape index (κ3) is 4.00. The number of nitrogens with zero attached hydrogens (tertiary/aromatic N) is 1. The topological polar surface area (TPSA) is 61.4 Å². The molecule has 2 amide bonds. The molecule has 126 valence electrons. The summed E-state index contributed by atoms with van der Waals surface area (Å²) in [6, 6.07) is -0.364. The molecule has 0 aromatic heterocycles. The van der Waals surface area contributed by atoms with Crippen molar-refractivity contribution in [2.75, 3.05) is 26.2 Å². The average Bonchev–Trinajstić information content (AvgIpc) is 2.53. The van der Waals surface area contributed by atoms with Gasteiger partial charge in [0.05, 0.1) is 0 Å². The standard InChI is InChI=1S/C17H31N3O2/c1-4-14(19-15(21)13(2)3)16(22)20-11-7-17(8-12-20)5-9-18-10-6-17/h13-14,18H,4-12H2,1-3H3,(H,19,21). The quantitative estimate of drug-likeness (QED) is 0.828. The van der Waals surface area contributed by atoms with E-state index >= 15 is 0 Å². The highest BCUT2D eigenvalue weighted by atomic mass is 16.2. The number of rotatable bonds is 4. The van der Waals surface area contributed by atoms with Crippen LogP contribution in [0.15, 0.2) is 0 Å². The molecule has 2 aliphatic heterocycles. The Bertz CT molecular complexity index is 393. The number of hydrogen-bond acceptors (Lipinski definition) is 3. The molecular formula is C17H31N3O2. The highest BCUT2D eigenvalue weighted by molar-refractivity contribution is 5.88. The number of likely N-dealkylation sites (tertiary alicyclic amines) is 1. The zero-order valence-electron chi connectivity index (χ0n) is 14.3. The van der Waals surface area contributed by atoms with Crippen LogP contribution in [0, 0.1) is 11.3 Å². The van der Waals surface area contributed by atoms with Gasteiger partial charge in [-0.15, -0.1) is 0 Å². The van der Waals surface area contributed by atoms with Gasteiger partial charge in [-0.05, 0) is 50.6 Å². The summed E-state index contributed by atoms with van der Waals surface area (Å²) in [5.74, 6) is -0.0199. The molecule has 2 saturated heterocycles. The molecule has 22 heavy (non-hydrogen) atoms. The molecule has 2 N–H and O–H groups in total. The van der Waals surface area contributed by atoms with Crippen LogP contribution in [0.4, 0.5) is 0 Å².